The molecule has 1 heterocycles. The van der Waals surface area contributed by atoms with Crippen LogP contribution in [0.25, 0.3) is 10.1 Å². The summed E-state index contributed by atoms with van der Waals surface area (Å²) in [4.78, 5) is 36.8. The number of rotatable bonds is 9. The minimum Gasteiger partial charge on any atom is -0.394 e. The van der Waals surface area contributed by atoms with Gasteiger partial charge in [0.05, 0.1) is 17.6 Å². The summed E-state index contributed by atoms with van der Waals surface area (Å²) in [7, 11) is 1.50. The van der Waals surface area contributed by atoms with E-state index in [1.165, 1.54) is 36.2 Å². The molecule has 0 aliphatic heterocycles. The molecule has 0 spiro atoms. The molecule has 0 bridgehead atoms. The highest BCUT2D eigenvalue weighted by Gasteiger charge is 2.28. The molecule has 0 unspecified atom stereocenters. The Morgan fingerprint density at radius 3 is 2.50 bits per heavy atom. The minimum absolute atomic E-state index is 0.113. The van der Waals surface area contributed by atoms with E-state index in [4.69, 9.17) is 0 Å². The van der Waals surface area contributed by atoms with Crippen molar-refractivity contribution in [3.05, 3.63) is 75.2 Å². The Bertz CT molecular complexity index is 1110. The Morgan fingerprint density at radius 1 is 1.19 bits per heavy atom. The smallest absolute Gasteiger partial charge is 0.269 e. The van der Waals surface area contributed by atoms with Gasteiger partial charge in [-0.3, -0.25) is 24.9 Å². The topological polar surface area (TPSA) is 133 Å². The number of benzene rings is 2. The van der Waals surface area contributed by atoms with Gasteiger partial charge >= 0.3 is 0 Å². The van der Waals surface area contributed by atoms with Crippen LogP contribution in [0, 0.1) is 16.0 Å². The molecule has 0 saturated heterocycles. The van der Waals surface area contributed by atoms with Crippen molar-refractivity contribution in [1.29, 1.82) is 0 Å². The van der Waals surface area contributed by atoms with Crippen LogP contribution >= 0.6 is 11.3 Å². The Morgan fingerprint density at radius 2 is 1.88 bits per heavy atom. The quantitative estimate of drug-likeness (QED) is 0.257. The molecule has 1 aromatic heterocycles. The van der Waals surface area contributed by atoms with E-state index < -0.39 is 35.3 Å². The molecule has 168 valence electrons. The lowest BCUT2D eigenvalue weighted by atomic mass is 9.91. The highest BCUT2D eigenvalue weighted by atomic mass is 32.1. The number of amides is 2. The second kappa shape index (κ2) is 10.3. The standard InChI is InChI=1S/C22H23N3O6S/c1-24(22(28)14-6-8-17(9-7-14)25(30)31)18(12-26)11-15(21(27)23-29)10-16-13-32-20-5-3-2-4-19(16)20/h2-9,13,15,18,26,29H,10-12H2,1H3,(H,23,27)/t15-,18-/m0/s1. The third-order valence-corrected chi connectivity index (χ3v) is 6.48. The molecule has 2 aromatic carbocycles. The van der Waals surface area contributed by atoms with E-state index in [0.29, 0.717) is 6.42 Å². The molecule has 10 heteroatoms. The molecule has 0 aliphatic carbocycles. The first-order chi connectivity index (χ1) is 15.3. The highest BCUT2D eigenvalue weighted by Crippen LogP contribution is 2.29. The first-order valence-corrected chi connectivity index (χ1v) is 10.7. The molecular formula is C22H23N3O6S. The van der Waals surface area contributed by atoms with E-state index in [0.717, 1.165) is 15.6 Å². The van der Waals surface area contributed by atoms with Gasteiger partial charge in [-0.15, -0.1) is 11.3 Å². The lowest BCUT2D eigenvalue weighted by Gasteiger charge is -2.29. The summed E-state index contributed by atoms with van der Waals surface area (Å²) in [5, 5.41) is 33.0. The predicted octanol–water partition coefficient (Wildman–Crippen LogP) is 3.00. The van der Waals surface area contributed by atoms with E-state index in [1.54, 1.807) is 16.8 Å². The van der Waals surface area contributed by atoms with Gasteiger partial charge in [-0.25, -0.2) is 5.48 Å². The second-order valence-corrected chi connectivity index (χ2v) is 8.34. The third kappa shape index (κ3) is 5.10. The fraction of sp³-hybridized carbons (Fsp3) is 0.273. The van der Waals surface area contributed by atoms with Crippen LogP contribution in [-0.4, -0.2) is 51.6 Å². The summed E-state index contributed by atoms with van der Waals surface area (Å²) in [6, 6.07) is 12.2. The number of carbonyl (C=O) groups excluding carboxylic acids is 2. The van der Waals surface area contributed by atoms with Gasteiger partial charge in [0.2, 0.25) is 5.91 Å². The van der Waals surface area contributed by atoms with E-state index >= 15 is 0 Å². The Hall–Kier alpha value is -3.34. The van der Waals surface area contributed by atoms with Crippen LogP contribution in [0.2, 0.25) is 0 Å². The number of hydrogen-bond donors (Lipinski definition) is 3. The maximum Gasteiger partial charge on any atom is 0.269 e. The maximum absolute atomic E-state index is 12.8. The van der Waals surface area contributed by atoms with Crippen molar-refractivity contribution in [3.8, 4) is 0 Å². The Kier molecular flexibility index (Phi) is 7.52. The van der Waals surface area contributed by atoms with Gasteiger partial charge in [-0.05, 0) is 47.4 Å². The summed E-state index contributed by atoms with van der Waals surface area (Å²) < 4.78 is 1.08. The monoisotopic (exact) mass is 457 g/mol. The molecule has 3 rings (SSSR count). The number of nitrogens with one attached hydrogen (secondary N) is 1. The zero-order valence-electron chi connectivity index (χ0n) is 17.3. The van der Waals surface area contributed by atoms with Gasteiger partial charge in [0.1, 0.15) is 0 Å². The zero-order chi connectivity index (χ0) is 23.3. The Labute approximate surface area is 188 Å². The van der Waals surface area contributed by atoms with E-state index in [1.807, 2.05) is 29.6 Å². The summed E-state index contributed by atoms with van der Waals surface area (Å²) >= 11 is 1.56. The van der Waals surface area contributed by atoms with Crippen molar-refractivity contribution in [1.82, 2.24) is 10.4 Å². The zero-order valence-corrected chi connectivity index (χ0v) is 18.1. The molecule has 0 saturated carbocycles. The van der Waals surface area contributed by atoms with Gasteiger partial charge in [0.25, 0.3) is 11.6 Å². The number of hydrogen-bond acceptors (Lipinski definition) is 7. The number of thiophene rings is 1. The number of likely N-dealkylation sites (N-methyl/N-ethyl adjacent to an activating group) is 1. The van der Waals surface area contributed by atoms with Crippen molar-refractivity contribution in [2.45, 2.75) is 18.9 Å². The average Bonchev–Trinajstić information content (AvgIpc) is 3.23. The van der Waals surface area contributed by atoms with E-state index in [-0.39, 0.29) is 17.7 Å². The lowest BCUT2D eigenvalue weighted by molar-refractivity contribution is -0.384. The van der Waals surface area contributed by atoms with Crippen LogP contribution in [0.15, 0.2) is 53.9 Å². The Balaban J connectivity index is 1.78. The van der Waals surface area contributed by atoms with E-state index in [2.05, 4.69) is 0 Å². The first-order valence-electron chi connectivity index (χ1n) is 9.87. The number of fused-ring (bicyclic) bond motifs is 1. The van der Waals surface area contributed by atoms with Crippen LogP contribution in [0.3, 0.4) is 0 Å². The largest absolute Gasteiger partial charge is 0.394 e. The molecule has 32 heavy (non-hydrogen) atoms. The van der Waals surface area contributed by atoms with Crippen molar-refractivity contribution in [2.75, 3.05) is 13.7 Å². The number of nitro groups is 1. The van der Waals surface area contributed by atoms with Crippen LogP contribution in [-0.2, 0) is 11.2 Å². The van der Waals surface area contributed by atoms with Crippen LogP contribution < -0.4 is 5.48 Å². The van der Waals surface area contributed by atoms with E-state index in [9.17, 15) is 30.0 Å². The summed E-state index contributed by atoms with van der Waals surface area (Å²) in [5.41, 5.74) is 2.72. The average molecular weight is 458 g/mol. The number of carbonyl (C=O) groups is 2. The molecule has 0 aliphatic rings. The molecule has 3 N–H and O–H groups in total. The SMILES string of the molecule is CN(C(=O)c1ccc([N+](=O)[O-])cc1)[C@H](CO)C[C@H](Cc1csc2ccccc12)C(=O)NO. The van der Waals surface area contributed by atoms with Crippen LogP contribution in [0.4, 0.5) is 5.69 Å². The van der Waals surface area contributed by atoms with Crippen molar-refractivity contribution in [2.24, 2.45) is 5.92 Å². The fourth-order valence-corrected chi connectivity index (χ4v) is 4.59. The molecule has 9 nitrogen and oxygen atoms in total. The number of aliphatic hydroxyl groups excluding tert-OH is 1. The number of nitro benzene ring substituents is 1. The fourth-order valence-electron chi connectivity index (χ4n) is 3.61. The normalized spacial score (nSPS) is 12.8. The maximum atomic E-state index is 12.8. The predicted molar refractivity (Wildman–Crippen MR) is 120 cm³/mol. The summed E-state index contributed by atoms with van der Waals surface area (Å²) in [6.07, 6.45) is 0.439. The molecular weight excluding hydrogens is 434 g/mol. The van der Waals surface area contributed by atoms with Crippen LogP contribution in [0.5, 0.6) is 0 Å². The van der Waals surface area contributed by atoms with Crippen molar-refractivity contribution >= 4 is 38.9 Å². The summed E-state index contributed by atoms with van der Waals surface area (Å²) in [6.45, 7) is -0.394. The molecule has 0 radical (unpaired) electrons. The summed E-state index contributed by atoms with van der Waals surface area (Å²) in [5.74, 6) is -1.74. The van der Waals surface area contributed by atoms with Gasteiger partial charge in [0, 0.05) is 35.4 Å². The number of non-ortho nitro benzene ring substituents is 1. The van der Waals surface area contributed by atoms with Gasteiger partial charge in [-0.2, -0.15) is 0 Å². The molecule has 2 atom stereocenters. The third-order valence-electron chi connectivity index (χ3n) is 5.47. The molecule has 3 aromatic rings. The first kappa shape index (κ1) is 23.3. The number of aliphatic hydroxyl groups is 1. The van der Waals surface area contributed by atoms with Gasteiger partial charge in [0.15, 0.2) is 0 Å². The molecule has 2 amide bonds. The second-order valence-electron chi connectivity index (χ2n) is 7.43. The molecule has 0 fully saturated rings. The van der Waals surface area contributed by atoms with Crippen molar-refractivity contribution < 1.29 is 24.8 Å². The minimum atomic E-state index is -0.704. The van der Waals surface area contributed by atoms with Gasteiger partial charge < -0.3 is 10.0 Å². The van der Waals surface area contributed by atoms with Crippen molar-refractivity contribution in [3.63, 3.8) is 0 Å². The van der Waals surface area contributed by atoms with Gasteiger partial charge in [-0.1, -0.05) is 18.2 Å². The van der Waals surface area contributed by atoms with Crippen LogP contribution in [0.1, 0.15) is 22.3 Å². The number of nitrogens with zero attached hydrogens (tertiary/aromatic N) is 2. The highest BCUT2D eigenvalue weighted by molar-refractivity contribution is 7.17. The lowest BCUT2D eigenvalue weighted by Crippen LogP contribution is -2.43. The number of hydroxylamine groups is 1.